The van der Waals surface area contributed by atoms with Crippen LogP contribution in [-0.2, 0) is 0 Å². The van der Waals surface area contributed by atoms with Crippen molar-refractivity contribution in [3.8, 4) is 22.8 Å². The number of rotatable bonds is 6. The number of thiazole rings is 1. The number of nitrogens with zero attached hydrogens (tertiary/aromatic N) is 3. The summed E-state index contributed by atoms with van der Waals surface area (Å²) in [5.41, 5.74) is 2.72. The van der Waals surface area contributed by atoms with Gasteiger partial charge in [-0.2, -0.15) is 5.10 Å². The molecule has 3 aromatic rings. The molecule has 0 unspecified atom stereocenters. The first-order chi connectivity index (χ1) is 12.3. The fourth-order valence-corrected chi connectivity index (χ4v) is 3.29. The average molecular weight is 356 g/mol. The smallest absolute Gasteiger partial charge is 0.206 e. The van der Waals surface area contributed by atoms with Gasteiger partial charge in [-0.25, -0.2) is 4.68 Å². The first-order valence-electron chi connectivity index (χ1n) is 7.88. The number of benzene rings is 1. The quantitative estimate of drug-likeness (QED) is 0.688. The molecule has 0 spiro atoms. The van der Waals surface area contributed by atoms with E-state index in [2.05, 4.69) is 15.1 Å². The molecular weight excluding hydrogens is 336 g/mol. The lowest BCUT2D eigenvalue weighted by Crippen LogP contribution is -2.12. The number of hydrogen-bond donors (Lipinski definition) is 1. The molecule has 0 atom stereocenters. The van der Waals surface area contributed by atoms with E-state index in [-0.39, 0.29) is 0 Å². The lowest BCUT2D eigenvalue weighted by Gasteiger charge is -2.10. The van der Waals surface area contributed by atoms with E-state index in [1.54, 1.807) is 31.8 Å². The molecule has 2 heterocycles. The lowest BCUT2D eigenvalue weighted by molar-refractivity contribution is 0.404. The summed E-state index contributed by atoms with van der Waals surface area (Å²) in [5.74, 6) is 1.52. The Morgan fingerprint density at radius 2 is 2.12 bits per heavy atom. The molecule has 0 radical (unpaired) electrons. The molecule has 0 fully saturated rings. The number of methoxy groups -OCH3 is 2. The number of H-pyrrole nitrogens is 1. The van der Waals surface area contributed by atoms with Crippen molar-refractivity contribution in [3.63, 3.8) is 0 Å². The first kappa shape index (κ1) is 17.0. The third-order valence-electron chi connectivity index (χ3n) is 3.60. The van der Waals surface area contributed by atoms with Crippen molar-refractivity contribution in [1.82, 2.24) is 9.66 Å². The van der Waals surface area contributed by atoms with E-state index in [4.69, 9.17) is 9.47 Å². The second kappa shape index (κ2) is 7.85. The Labute approximate surface area is 150 Å². The van der Waals surface area contributed by atoms with Crippen molar-refractivity contribution in [2.24, 2.45) is 10.1 Å². The minimum absolute atomic E-state index is 0.688. The Morgan fingerprint density at radius 3 is 2.80 bits per heavy atom. The average Bonchev–Trinajstić information content (AvgIpc) is 3.29. The molecule has 1 N–H and O–H groups in total. The lowest BCUT2D eigenvalue weighted by atomic mass is 10.1. The number of aromatic amines is 1. The van der Waals surface area contributed by atoms with Crippen molar-refractivity contribution in [3.05, 3.63) is 52.4 Å². The van der Waals surface area contributed by atoms with Crippen LogP contribution < -0.4 is 14.3 Å². The van der Waals surface area contributed by atoms with Crippen LogP contribution in [0.5, 0.6) is 11.5 Å². The molecule has 0 aliphatic rings. The maximum atomic E-state index is 5.52. The highest BCUT2D eigenvalue weighted by atomic mass is 32.1. The molecule has 130 valence electrons. The van der Waals surface area contributed by atoms with Gasteiger partial charge in [-0.05, 0) is 37.3 Å². The van der Waals surface area contributed by atoms with Gasteiger partial charge in [0.2, 0.25) is 4.80 Å². The molecule has 0 amide bonds. The zero-order valence-corrected chi connectivity index (χ0v) is 15.2. The van der Waals surface area contributed by atoms with Gasteiger partial charge in [0.15, 0.2) is 0 Å². The van der Waals surface area contributed by atoms with Crippen molar-refractivity contribution >= 4 is 17.6 Å². The number of ether oxygens (including phenoxy) is 2. The standard InChI is InChI=1S/C18H20N4O2S/c1-4-19-18-22(21-11-13-6-5-9-20-13)16(12-25-18)15-10-14(23-2)7-8-17(15)24-3/h5-12,20H,4H2,1-3H3. The van der Waals surface area contributed by atoms with Crippen LogP contribution in [0.2, 0.25) is 0 Å². The summed E-state index contributed by atoms with van der Waals surface area (Å²) in [4.78, 5) is 8.48. The Morgan fingerprint density at radius 1 is 1.24 bits per heavy atom. The maximum Gasteiger partial charge on any atom is 0.206 e. The van der Waals surface area contributed by atoms with E-state index in [0.29, 0.717) is 6.54 Å². The van der Waals surface area contributed by atoms with E-state index in [9.17, 15) is 0 Å². The van der Waals surface area contributed by atoms with Gasteiger partial charge in [-0.15, -0.1) is 11.3 Å². The predicted molar refractivity (Wildman–Crippen MR) is 101 cm³/mol. The fourth-order valence-electron chi connectivity index (χ4n) is 2.40. The van der Waals surface area contributed by atoms with Crippen LogP contribution in [0.15, 0.2) is 52.0 Å². The summed E-state index contributed by atoms with van der Waals surface area (Å²) in [6.07, 6.45) is 3.64. The van der Waals surface area contributed by atoms with Gasteiger partial charge in [0.1, 0.15) is 11.5 Å². The van der Waals surface area contributed by atoms with E-state index < -0.39 is 0 Å². The Bertz CT molecular complexity index is 923. The van der Waals surface area contributed by atoms with E-state index in [1.165, 1.54) is 0 Å². The van der Waals surface area contributed by atoms with Crippen LogP contribution in [0, 0.1) is 0 Å². The highest BCUT2D eigenvalue weighted by Gasteiger charge is 2.13. The summed E-state index contributed by atoms with van der Waals surface area (Å²) in [6.45, 7) is 2.69. The number of hydrogen-bond acceptors (Lipinski definition) is 5. The molecule has 1 aromatic carbocycles. The SMILES string of the molecule is CCN=c1scc(-c2cc(OC)ccc2OC)n1N=Cc1ccc[nH]1. The second-order valence-electron chi connectivity index (χ2n) is 5.13. The van der Waals surface area contributed by atoms with Gasteiger partial charge in [0.25, 0.3) is 0 Å². The fraction of sp³-hybridized carbons (Fsp3) is 0.222. The van der Waals surface area contributed by atoms with Gasteiger partial charge < -0.3 is 14.5 Å². The highest BCUT2D eigenvalue weighted by molar-refractivity contribution is 7.07. The Hall–Kier alpha value is -2.80. The molecule has 3 rings (SSSR count). The summed E-state index contributed by atoms with van der Waals surface area (Å²) in [5, 5.41) is 6.64. The van der Waals surface area contributed by atoms with E-state index in [0.717, 1.165) is 33.3 Å². The maximum absolute atomic E-state index is 5.52. The Balaban J connectivity index is 2.15. The third-order valence-corrected chi connectivity index (χ3v) is 4.45. The molecule has 0 saturated heterocycles. The summed E-state index contributed by atoms with van der Waals surface area (Å²) >= 11 is 1.54. The molecule has 0 saturated carbocycles. The normalized spacial score (nSPS) is 12.0. The Kier molecular flexibility index (Phi) is 5.35. The van der Waals surface area contributed by atoms with Gasteiger partial charge >= 0.3 is 0 Å². The van der Waals surface area contributed by atoms with Crippen LogP contribution >= 0.6 is 11.3 Å². The highest BCUT2D eigenvalue weighted by Crippen LogP contribution is 2.33. The van der Waals surface area contributed by atoms with Crippen molar-refractivity contribution in [2.75, 3.05) is 20.8 Å². The first-order valence-corrected chi connectivity index (χ1v) is 8.76. The zero-order chi connectivity index (χ0) is 17.6. The van der Waals surface area contributed by atoms with Crippen LogP contribution in [-0.4, -0.2) is 36.6 Å². The van der Waals surface area contributed by atoms with Crippen LogP contribution in [0.25, 0.3) is 11.3 Å². The molecule has 0 aliphatic heterocycles. The molecule has 25 heavy (non-hydrogen) atoms. The molecule has 6 nitrogen and oxygen atoms in total. The summed E-state index contributed by atoms with van der Waals surface area (Å²) in [7, 11) is 3.30. The third kappa shape index (κ3) is 3.66. The second-order valence-corrected chi connectivity index (χ2v) is 5.96. The van der Waals surface area contributed by atoms with E-state index >= 15 is 0 Å². The van der Waals surface area contributed by atoms with Gasteiger partial charge in [-0.3, -0.25) is 4.99 Å². The molecular formula is C18H20N4O2S. The monoisotopic (exact) mass is 356 g/mol. The molecule has 7 heteroatoms. The number of nitrogens with one attached hydrogen (secondary N) is 1. The van der Waals surface area contributed by atoms with Crippen molar-refractivity contribution in [1.29, 1.82) is 0 Å². The summed E-state index contributed by atoms with van der Waals surface area (Å²) < 4.78 is 12.7. The van der Waals surface area contributed by atoms with Gasteiger partial charge in [-0.1, -0.05) is 0 Å². The zero-order valence-electron chi connectivity index (χ0n) is 14.4. The van der Waals surface area contributed by atoms with Gasteiger partial charge in [0.05, 0.1) is 31.8 Å². The van der Waals surface area contributed by atoms with Crippen LogP contribution in [0.1, 0.15) is 12.6 Å². The summed E-state index contributed by atoms with van der Waals surface area (Å²) in [6, 6.07) is 9.60. The van der Waals surface area contributed by atoms with Crippen molar-refractivity contribution in [2.45, 2.75) is 6.92 Å². The van der Waals surface area contributed by atoms with Gasteiger partial charge in [0, 0.05) is 23.7 Å². The molecule has 0 bridgehead atoms. The van der Waals surface area contributed by atoms with Crippen molar-refractivity contribution < 1.29 is 9.47 Å². The van der Waals surface area contributed by atoms with Crippen LogP contribution in [0.3, 0.4) is 0 Å². The minimum Gasteiger partial charge on any atom is -0.497 e. The van der Waals surface area contributed by atoms with E-state index in [1.807, 2.05) is 53.5 Å². The van der Waals surface area contributed by atoms with Crippen LogP contribution in [0.4, 0.5) is 0 Å². The largest absolute Gasteiger partial charge is 0.497 e. The number of aromatic nitrogens is 2. The topological polar surface area (TPSA) is 63.9 Å². The molecule has 0 aliphatic carbocycles. The minimum atomic E-state index is 0.688. The molecule has 2 aromatic heterocycles. The predicted octanol–water partition coefficient (Wildman–Crippen LogP) is 3.36.